The van der Waals surface area contributed by atoms with Crippen molar-refractivity contribution >= 4 is 28.9 Å². The number of rotatable bonds is 8. The molecule has 1 saturated heterocycles. The topological polar surface area (TPSA) is 87.5 Å². The van der Waals surface area contributed by atoms with Crippen molar-refractivity contribution < 1.29 is 9.59 Å². The van der Waals surface area contributed by atoms with Crippen LogP contribution in [0.15, 0.2) is 48.5 Å². The Kier molecular flexibility index (Phi) is 7.11. The van der Waals surface area contributed by atoms with Crippen LogP contribution in [0.2, 0.25) is 0 Å². The molecule has 1 atom stereocenters. The highest BCUT2D eigenvalue weighted by atomic mass is 16.2. The molecular weight excluding hydrogens is 364 g/mol. The van der Waals surface area contributed by atoms with Gasteiger partial charge in [0, 0.05) is 30.2 Å². The van der Waals surface area contributed by atoms with Gasteiger partial charge in [-0.3, -0.25) is 9.59 Å². The molecular formula is C23H30N4O2. The van der Waals surface area contributed by atoms with Crippen LogP contribution >= 0.6 is 0 Å². The molecule has 1 aliphatic heterocycles. The number of carbonyl (C=O) groups excluding carboxylic acids is 2. The lowest BCUT2D eigenvalue weighted by Gasteiger charge is -2.20. The Hall–Kier alpha value is -3.02. The summed E-state index contributed by atoms with van der Waals surface area (Å²) in [4.78, 5) is 27.6. The lowest BCUT2D eigenvalue weighted by atomic mass is 10.1. The van der Waals surface area contributed by atoms with Crippen molar-refractivity contribution in [1.29, 1.82) is 0 Å². The van der Waals surface area contributed by atoms with E-state index < -0.39 is 6.04 Å². The molecule has 1 fully saturated rings. The fourth-order valence-corrected chi connectivity index (χ4v) is 3.61. The molecule has 1 aliphatic rings. The summed E-state index contributed by atoms with van der Waals surface area (Å²) in [5.74, 6) is -0.356. The second kappa shape index (κ2) is 9.96. The van der Waals surface area contributed by atoms with E-state index in [-0.39, 0.29) is 18.2 Å². The largest absolute Gasteiger partial charge is 0.399 e. The Morgan fingerprint density at radius 1 is 1.10 bits per heavy atom. The fraction of sp³-hybridized carbons (Fsp3) is 0.391. The summed E-state index contributed by atoms with van der Waals surface area (Å²) in [6, 6.07) is 14.5. The van der Waals surface area contributed by atoms with Gasteiger partial charge in [-0.25, -0.2) is 0 Å². The maximum Gasteiger partial charge on any atom is 0.246 e. The zero-order valence-corrected chi connectivity index (χ0v) is 17.0. The third-order valence-corrected chi connectivity index (χ3v) is 5.16. The Labute approximate surface area is 172 Å². The molecule has 3 rings (SSSR count). The van der Waals surface area contributed by atoms with Crippen LogP contribution in [0.25, 0.3) is 0 Å². The van der Waals surface area contributed by atoms with E-state index in [9.17, 15) is 9.59 Å². The average Bonchev–Trinajstić information content (AvgIpc) is 3.24. The van der Waals surface area contributed by atoms with E-state index in [0.29, 0.717) is 12.1 Å². The van der Waals surface area contributed by atoms with Crippen molar-refractivity contribution in [2.24, 2.45) is 0 Å². The van der Waals surface area contributed by atoms with E-state index in [4.69, 9.17) is 5.73 Å². The number of hydrogen-bond acceptors (Lipinski definition) is 4. The van der Waals surface area contributed by atoms with Crippen LogP contribution in [-0.4, -0.2) is 30.9 Å². The van der Waals surface area contributed by atoms with Gasteiger partial charge in [-0.2, -0.15) is 0 Å². The van der Waals surface area contributed by atoms with Crippen LogP contribution in [0.3, 0.4) is 0 Å². The minimum absolute atomic E-state index is 0.172. The fourth-order valence-electron chi connectivity index (χ4n) is 3.61. The van der Waals surface area contributed by atoms with E-state index in [1.165, 1.54) is 12.8 Å². The molecule has 2 aromatic rings. The number of hydrogen-bond donors (Lipinski definition) is 3. The van der Waals surface area contributed by atoms with Gasteiger partial charge in [-0.05, 0) is 55.2 Å². The number of nitrogens with two attached hydrogens (primary N) is 1. The first kappa shape index (κ1) is 20.7. The monoisotopic (exact) mass is 394 g/mol. The first-order valence-electron chi connectivity index (χ1n) is 10.3. The number of amides is 2. The summed E-state index contributed by atoms with van der Waals surface area (Å²) in [5.41, 5.74) is 9.09. The molecule has 6 heteroatoms. The third kappa shape index (κ3) is 5.98. The quantitative estimate of drug-likeness (QED) is 0.599. The molecule has 154 valence electrons. The highest BCUT2D eigenvalue weighted by Gasteiger charge is 2.21. The van der Waals surface area contributed by atoms with Crippen LogP contribution in [0.4, 0.5) is 17.1 Å². The van der Waals surface area contributed by atoms with Gasteiger partial charge in [0.15, 0.2) is 0 Å². The van der Waals surface area contributed by atoms with Gasteiger partial charge < -0.3 is 21.3 Å². The summed E-state index contributed by atoms with van der Waals surface area (Å²) in [6.07, 6.45) is 4.02. The number of carbonyl (C=O) groups is 2. The van der Waals surface area contributed by atoms with Gasteiger partial charge in [0.05, 0.1) is 6.42 Å². The van der Waals surface area contributed by atoms with Gasteiger partial charge >= 0.3 is 0 Å². The van der Waals surface area contributed by atoms with Gasteiger partial charge in [-0.15, -0.1) is 0 Å². The van der Waals surface area contributed by atoms with Crippen molar-refractivity contribution in [3.8, 4) is 0 Å². The van der Waals surface area contributed by atoms with Gasteiger partial charge in [0.25, 0.3) is 0 Å². The highest BCUT2D eigenvalue weighted by molar-refractivity contribution is 5.97. The minimum atomic E-state index is -0.559. The Morgan fingerprint density at radius 3 is 2.52 bits per heavy atom. The second-order valence-electron chi connectivity index (χ2n) is 7.56. The summed E-state index contributed by atoms with van der Waals surface area (Å²) in [5, 5.41) is 5.85. The lowest BCUT2D eigenvalue weighted by molar-refractivity contribution is -0.126. The summed E-state index contributed by atoms with van der Waals surface area (Å²) in [7, 11) is 0. The maximum absolute atomic E-state index is 12.8. The average molecular weight is 395 g/mol. The van der Waals surface area contributed by atoms with E-state index in [1.807, 2.05) is 37.3 Å². The predicted octanol–water partition coefficient (Wildman–Crippen LogP) is 3.34. The normalized spacial score (nSPS) is 14.4. The predicted molar refractivity (Wildman–Crippen MR) is 118 cm³/mol. The summed E-state index contributed by atoms with van der Waals surface area (Å²) < 4.78 is 0. The van der Waals surface area contributed by atoms with Gasteiger partial charge in [0.1, 0.15) is 6.04 Å². The Balaban J connectivity index is 1.60. The van der Waals surface area contributed by atoms with E-state index in [1.54, 1.807) is 12.1 Å². The van der Waals surface area contributed by atoms with Crippen molar-refractivity contribution in [2.45, 2.75) is 45.1 Å². The maximum atomic E-state index is 12.8. The molecule has 1 unspecified atom stereocenters. The lowest BCUT2D eigenvalue weighted by Crippen LogP contribution is -2.44. The third-order valence-electron chi connectivity index (χ3n) is 5.16. The van der Waals surface area contributed by atoms with Crippen LogP contribution in [0, 0.1) is 0 Å². The number of anilines is 3. The zero-order chi connectivity index (χ0) is 20.6. The molecule has 2 aromatic carbocycles. The highest BCUT2D eigenvalue weighted by Crippen LogP contribution is 2.23. The van der Waals surface area contributed by atoms with Crippen LogP contribution in [0.1, 0.15) is 38.2 Å². The molecule has 1 heterocycles. The molecule has 0 bridgehead atoms. The second-order valence-corrected chi connectivity index (χ2v) is 7.56. The first-order chi connectivity index (χ1) is 14.0. The van der Waals surface area contributed by atoms with Crippen molar-refractivity contribution in [3.63, 3.8) is 0 Å². The van der Waals surface area contributed by atoms with Crippen molar-refractivity contribution in [3.05, 3.63) is 54.1 Å². The van der Waals surface area contributed by atoms with Gasteiger partial charge in [-0.1, -0.05) is 31.5 Å². The molecule has 6 nitrogen and oxygen atoms in total. The SMILES string of the molecule is CCCC(NC(=O)Cc1ccc(N)cc1)C(=O)Nc1cccc(N2CCCC2)c1. The van der Waals surface area contributed by atoms with Crippen LogP contribution < -0.4 is 21.3 Å². The van der Waals surface area contributed by atoms with Crippen molar-refractivity contribution in [2.75, 3.05) is 29.0 Å². The molecule has 0 saturated carbocycles. The standard InChI is InChI=1S/C23H30N4O2/c1-2-6-21(26-22(28)15-17-9-11-18(24)12-10-17)23(29)25-19-7-5-8-20(16-19)27-13-3-4-14-27/h5,7-12,16,21H,2-4,6,13-15,24H2,1H3,(H,25,29)(H,26,28). The first-order valence-corrected chi connectivity index (χ1v) is 10.3. The minimum Gasteiger partial charge on any atom is -0.399 e. The Bertz CT molecular complexity index is 829. The van der Waals surface area contributed by atoms with E-state index in [0.717, 1.165) is 36.4 Å². The van der Waals surface area contributed by atoms with Crippen LogP contribution in [0.5, 0.6) is 0 Å². The Morgan fingerprint density at radius 2 is 1.83 bits per heavy atom. The molecule has 2 amide bonds. The number of benzene rings is 2. The molecule has 29 heavy (non-hydrogen) atoms. The molecule has 4 N–H and O–H groups in total. The molecule has 0 aliphatic carbocycles. The van der Waals surface area contributed by atoms with E-state index >= 15 is 0 Å². The van der Waals surface area contributed by atoms with Gasteiger partial charge in [0.2, 0.25) is 11.8 Å². The molecule has 0 spiro atoms. The molecule has 0 aromatic heterocycles. The summed E-state index contributed by atoms with van der Waals surface area (Å²) >= 11 is 0. The number of nitrogens with one attached hydrogen (secondary N) is 2. The summed E-state index contributed by atoms with van der Waals surface area (Å²) in [6.45, 7) is 4.11. The number of nitrogens with zero attached hydrogens (tertiary/aromatic N) is 1. The zero-order valence-electron chi connectivity index (χ0n) is 17.0. The van der Waals surface area contributed by atoms with Crippen LogP contribution in [-0.2, 0) is 16.0 Å². The molecule has 0 radical (unpaired) electrons. The smallest absolute Gasteiger partial charge is 0.246 e. The number of nitrogen functional groups attached to an aromatic ring is 1. The van der Waals surface area contributed by atoms with Crippen molar-refractivity contribution in [1.82, 2.24) is 5.32 Å². The van der Waals surface area contributed by atoms with E-state index in [2.05, 4.69) is 21.6 Å².